The van der Waals surface area contributed by atoms with Crippen LogP contribution in [0.3, 0.4) is 0 Å². The highest BCUT2D eigenvalue weighted by Gasteiger charge is 2.51. The molecule has 0 bridgehead atoms. The molecule has 1 aliphatic heterocycles. The Bertz CT molecular complexity index is 474. The predicted octanol–water partition coefficient (Wildman–Crippen LogP) is 5.63. The molecule has 1 saturated heterocycles. The minimum absolute atomic E-state index is 0.0770. The molecule has 2 fully saturated rings. The smallest absolute Gasteiger partial charge is 0.305 e. The van der Waals surface area contributed by atoms with Gasteiger partial charge in [0.1, 0.15) is 0 Å². The number of rotatable bonds is 15. The first-order chi connectivity index (χ1) is 14.5. The summed E-state index contributed by atoms with van der Waals surface area (Å²) < 4.78 is 17.3. The Morgan fingerprint density at radius 3 is 2.50 bits per heavy atom. The second-order valence-electron chi connectivity index (χ2n) is 9.44. The summed E-state index contributed by atoms with van der Waals surface area (Å²) in [6.07, 6.45) is 13.3. The zero-order chi connectivity index (χ0) is 21.8. The molecule has 1 N–H and O–H groups in total. The van der Waals surface area contributed by atoms with Crippen molar-refractivity contribution < 1.29 is 24.1 Å². The summed E-state index contributed by atoms with van der Waals surface area (Å²) in [4.78, 5) is 11.5. The first kappa shape index (κ1) is 25.6. The summed E-state index contributed by atoms with van der Waals surface area (Å²) in [5.41, 5.74) is 0. The number of hydrogen-bond acceptors (Lipinski definition) is 5. The van der Waals surface area contributed by atoms with Crippen molar-refractivity contribution in [3.63, 3.8) is 0 Å². The number of carbonyl (C=O) groups excluding carboxylic acids is 1. The zero-order valence-electron chi connectivity index (χ0n) is 19.7. The summed E-state index contributed by atoms with van der Waals surface area (Å²) in [6, 6.07) is 0. The number of hydrogen-bond donors (Lipinski definition) is 1. The van der Waals surface area contributed by atoms with Gasteiger partial charge in [0.25, 0.3) is 0 Å². The molecule has 1 spiro atoms. The summed E-state index contributed by atoms with van der Waals surface area (Å²) in [6.45, 7) is 8.13. The molecule has 0 radical (unpaired) electrons. The standard InChI is InChI=1S/C25H46O5/c1-4-6-11-20(3)23(26)15-14-21-16-17-25(29-18-19-30-25)22(21)12-9-7-8-10-13-24(27)28-5-2/h20-23,26H,4-19H2,1-3H3/t20-,21-,22+,23-/m0/s1. The molecule has 0 aromatic carbocycles. The average Bonchev–Trinajstić information content (AvgIpc) is 3.35. The van der Waals surface area contributed by atoms with Crippen LogP contribution in [0.4, 0.5) is 0 Å². The first-order valence-electron chi connectivity index (χ1n) is 12.6. The summed E-state index contributed by atoms with van der Waals surface area (Å²) in [7, 11) is 0. The van der Waals surface area contributed by atoms with Crippen molar-refractivity contribution in [1.82, 2.24) is 0 Å². The third-order valence-electron chi connectivity index (χ3n) is 7.23. The van der Waals surface area contributed by atoms with E-state index < -0.39 is 0 Å². The fourth-order valence-corrected chi connectivity index (χ4v) is 5.37. The highest BCUT2D eigenvalue weighted by atomic mass is 16.7. The van der Waals surface area contributed by atoms with Crippen molar-refractivity contribution in [3.05, 3.63) is 0 Å². The summed E-state index contributed by atoms with van der Waals surface area (Å²) in [5, 5.41) is 10.6. The van der Waals surface area contributed by atoms with Crippen LogP contribution < -0.4 is 0 Å². The maximum atomic E-state index is 11.5. The van der Waals surface area contributed by atoms with Crippen molar-refractivity contribution in [1.29, 1.82) is 0 Å². The van der Waals surface area contributed by atoms with Crippen molar-refractivity contribution in [3.8, 4) is 0 Å². The molecule has 4 atom stereocenters. The lowest BCUT2D eigenvalue weighted by Gasteiger charge is -2.33. The maximum absolute atomic E-state index is 11.5. The lowest BCUT2D eigenvalue weighted by molar-refractivity contribution is -0.188. The van der Waals surface area contributed by atoms with Gasteiger partial charge in [0, 0.05) is 18.8 Å². The van der Waals surface area contributed by atoms with Crippen LogP contribution in [0.2, 0.25) is 0 Å². The zero-order valence-corrected chi connectivity index (χ0v) is 19.7. The molecular weight excluding hydrogens is 380 g/mol. The molecular formula is C25H46O5. The van der Waals surface area contributed by atoms with E-state index in [-0.39, 0.29) is 17.9 Å². The van der Waals surface area contributed by atoms with E-state index in [1.165, 1.54) is 12.8 Å². The van der Waals surface area contributed by atoms with Crippen molar-refractivity contribution in [2.45, 2.75) is 116 Å². The van der Waals surface area contributed by atoms with Crippen molar-refractivity contribution in [2.24, 2.45) is 17.8 Å². The molecule has 0 aromatic heterocycles. The van der Waals surface area contributed by atoms with E-state index in [1.807, 2.05) is 6.92 Å². The molecule has 2 aliphatic rings. The third-order valence-corrected chi connectivity index (χ3v) is 7.23. The second kappa shape index (κ2) is 13.7. The molecule has 1 saturated carbocycles. The van der Waals surface area contributed by atoms with E-state index in [4.69, 9.17) is 14.2 Å². The molecule has 2 rings (SSSR count). The van der Waals surface area contributed by atoms with Gasteiger partial charge in [-0.15, -0.1) is 0 Å². The molecule has 0 unspecified atom stereocenters. The van der Waals surface area contributed by atoms with Gasteiger partial charge in [0.15, 0.2) is 5.79 Å². The SMILES string of the molecule is CCCC[C@H](C)[C@@H](O)CC[C@H]1CCC2(OCCO2)[C@@H]1CCCCCCC(=O)OCC. The van der Waals surface area contributed by atoms with Crippen LogP contribution in [0.15, 0.2) is 0 Å². The number of ether oxygens (including phenoxy) is 3. The van der Waals surface area contributed by atoms with Crippen LogP contribution in [0.1, 0.15) is 104 Å². The van der Waals surface area contributed by atoms with Crippen LogP contribution in [0, 0.1) is 17.8 Å². The van der Waals surface area contributed by atoms with Crippen LogP contribution in [0.5, 0.6) is 0 Å². The van der Waals surface area contributed by atoms with Gasteiger partial charge in [0.05, 0.1) is 25.9 Å². The Morgan fingerprint density at radius 1 is 1.07 bits per heavy atom. The Morgan fingerprint density at radius 2 is 1.80 bits per heavy atom. The quantitative estimate of drug-likeness (QED) is 0.272. The minimum atomic E-state index is -0.367. The summed E-state index contributed by atoms with van der Waals surface area (Å²) in [5.74, 6) is 0.955. The average molecular weight is 427 g/mol. The monoisotopic (exact) mass is 426 g/mol. The van der Waals surface area contributed by atoms with Crippen LogP contribution in [0.25, 0.3) is 0 Å². The van der Waals surface area contributed by atoms with Crippen molar-refractivity contribution in [2.75, 3.05) is 19.8 Å². The lowest BCUT2D eigenvalue weighted by Crippen LogP contribution is -2.37. The number of aliphatic hydroxyl groups is 1. The fourth-order valence-electron chi connectivity index (χ4n) is 5.37. The maximum Gasteiger partial charge on any atom is 0.305 e. The van der Waals surface area contributed by atoms with E-state index in [0.717, 1.165) is 64.2 Å². The molecule has 5 nitrogen and oxygen atoms in total. The number of unbranched alkanes of at least 4 members (excludes halogenated alkanes) is 4. The van der Waals surface area contributed by atoms with Gasteiger partial charge in [-0.1, -0.05) is 46.0 Å². The molecule has 0 aromatic rings. The van der Waals surface area contributed by atoms with Gasteiger partial charge in [0.2, 0.25) is 0 Å². The Kier molecular flexibility index (Phi) is 11.7. The van der Waals surface area contributed by atoms with E-state index in [2.05, 4.69) is 13.8 Å². The highest BCUT2D eigenvalue weighted by Crippen LogP contribution is 2.50. The van der Waals surface area contributed by atoms with Gasteiger partial charge in [-0.25, -0.2) is 0 Å². The third kappa shape index (κ3) is 7.80. The molecule has 176 valence electrons. The number of aliphatic hydroxyl groups excluding tert-OH is 1. The first-order valence-corrected chi connectivity index (χ1v) is 12.6. The Hall–Kier alpha value is -0.650. The number of esters is 1. The van der Waals surface area contributed by atoms with Crippen LogP contribution >= 0.6 is 0 Å². The Balaban J connectivity index is 1.76. The van der Waals surface area contributed by atoms with E-state index >= 15 is 0 Å². The van der Waals surface area contributed by atoms with Gasteiger partial charge in [-0.3, -0.25) is 4.79 Å². The van der Waals surface area contributed by atoms with E-state index in [0.29, 0.717) is 44.0 Å². The minimum Gasteiger partial charge on any atom is -0.466 e. The van der Waals surface area contributed by atoms with Crippen LogP contribution in [-0.2, 0) is 19.0 Å². The van der Waals surface area contributed by atoms with Gasteiger partial charge in [-0.05, 0) is 57.3 Å². The van der Waals surface area contributed by atoms with E-state index in [9.17, 15) is 9.90 Å². The van der Waals surface area contributed by atoms with Gasteiger partial charge < -0.3 is 19.3 Å². The molecule has 30 heavy (non-hydrogen) atoms. The van der Waals surface area contributed by atoms with Crippen molar-refractivity contribution >= 4 is 5.97 Å². The lowest BCUT2D eigenvalue weighted by atomic mass is 9.83. The molecule has 1 heterocycles. The largest absolute Gasteiger partial charge is 0.466 e. The predicted molar refractivity (Wildman–Crippen MR) is 119 cm³/mol. The van der Waals surface area contributed by atoms with Crippen LogP contribution in [-0.4, -0.2) is 42.8 Å². The van der Waals surface area contributed by atoms with E-state index in [1.54, 1.807) is 0 Å². The molecule has 0 amide bonds. The van der Waals surface area contributed by atoms with Gasteiger partial charge in [-0.2, -0.15) is 0 Å². The second-order valence-corrected chi connectivity index (χ2v) is 9.44. The Labute approximate surface area is 184 Å². The fraction of sp³-hybridized carbons (Fsp3) is 0.960. The highest BCUT2D eigenvalue weighted by molar-refractivity contribution is 5.69. The molecule has 5 heteroatoms. The van der Waals surface area contributed by atoms with Gasteiger partial charge >= 0.3 is 5.97 Å². The summed E-state index contributed by atoms with van der Waals surface area (Å²) >= 11 is 0. The normalized spacial score (nSPS) is 24.9. The number of carbonyl (C=O) groups is 1. The molecule has 1 aliphatic carbocycles. The topological polar surface area (TPSA) is 65.0 Å².